The Morgan fingerprint density at radius 2 is 2.31 bits per heavy atom. The van der Waals surface area contributed by atoms with Crippen LogP contribution in [0.2, 0.25) is 0 Å². The van der Waals surface area contributed by atoms with Gasteiger partial charge < -0.3 is 19.9 Å². The molecule has 0 aromatic heterocycles. The van der Waals surface area contributed by atoms with E-state index in [0.717, 1.165) is 5.56 Å². The minimum Gasteiger partial charge on any atom is -0.493 e. The lowest BCUT2D eigenvalue weighted by molar-refractivity contribution is -0.113. The fourth-order valence-electron chi connectivity index (χ4n) is 1.42. The van der Waals surface area contributed by atoms with Gasteiger partial charge in [-0.25, -0.2) is 0 Å². The molecular weight excluding hydrogens is 210 g/mol. The zero-order valence-corrected chi connectivity index (χ0v) is 8.73. The minimum atomic E-state index is -0.503. The third-order valence-electron chi connectivity index (χ3n) is 2.12. The molecule has 1 amide bonds. The lowest BCUT2D eigenvalue weighted by Gasteiger charge is -2.05. The third kappa shape index (κ3) is 1.93. The number of hydrogen-bond acceptors (Lipinski definition) is 4. The highest BCUT2D eigenvalue weighted by molar-refractivity contribution is 5.90. The van der Waals surface area contributed by atoms with Crippen molar-refractivity contribution in [2.45, 2.75) is 0 Å². The first-order chi connectivity index (χ1) is 7.70. The molecule has 5 nitrogen and oxygen atoms in total. The number of fused-ring (bicyclic) bond motifs is 1. The molecule has 0 atom stereocenters. The van der Waals surface area contributed by atoms with Crippen LogP contribution < -0.4 is 19.9 Å². The zero-order valence-electron chi connectivity index (χ0n) is 8.73. The third-order valence-corrected chi connectivity index (χ3v) is 2.12. The Bertz CT molecular complexity index is 454. The molecule has 0 saturated heterocycles. The number of hydrogen-bond donors (Lipinski definition) is 1. The van der Waals surface area contributed by atoms with Crippen molar-refractivity contribution in [3.05, 3.63) is 23.8 Å². The Morgan fingerprint density at radius 1 is 1.50 bits per heavy atom. The average Bonchev–Trinajstić information content (AvgIpc) is 2.73. The van der Waals surface area contributed by atoms with Gasteiger partial charge in [-0.05, 0) is 23.8 Å². The minimum absolute atomic E-state index is 0.175. The summed E-state index contributed by atoms with van der Waals surface area (Å²) in [5, 5.41) is 0. The number of rotatable bonds is 3. The summed E-state index contributed by atoms with van der Waals surface area (Å²) in [7, 11) is 1.54. The van der Waals surface area contributed by atoms with Gasteiger partial charge >= 0.3 is 0 Å². The molecule has 2 N–H and O–H groups in total. The van der Waals surface area contributed by atoms with Gasteiger partial charge in [0.15, 0.2) is 11.5 Å². The molecule has 0 radical (unpaired) electrons. The van der Waals surface area contributed by atoms with Crippen LogP contribution in [0, 0.1) is 0 Å². The molecule has 0 spiro atoms. The number of carbonyl (C=O) groups excluding carboxylic acids is 1. The maximum Gasteiger partial charge on any atom is 0.241 e. The Kier molecular flexibility index (Phi) is 2.68. The summed E-state index contributed by atoms with van der Waals surface area (Å²) in [6.07, 6.45) is 2.86. The molecule has 5 heteroatoms. The van der Waals surface area contributed by atoms with Crippen molar-refractivity contribution in [1.29, 1.82) is 0 Å². The van der Waals surface area contributed by atoms with Crippen LogP contribution in [0.15, 0.2) is 18.2 Å². The number of carbonyl (C=O) groups is 1. The molecule has 16 heavy (non-hydrogen) atoms. The highest BCUT2D eigenvalue weighted by Crippen LogP contribution is 2.41. The molecule has 0 aliphatic carbocycles. The lowest BCUT2D eigenvalue weighted by Crippen LogP contribution is -2.05. The first-order valence-corrected chi connectivity index (χ1v) is 4.66. The summed E-state index contributed by atoms with van der Waals surface area (Å²) in [6.45, 7) is 0.175. The van der Waals surface area contributed by atoms with Crippen LogP contribution in [0.25, 0.3) is 6.08 Å². The average molecular weight is 221 g/mol. The largest absolute Gasteiger partial charge is 0.493 e. The summed E-state index contributed by atoms with van der Waals surface area (Å²) in [5.41, 5.74) is 5.77. The number of primary amides is 1. The highest BCUT2D eigenvalue weighted by atomic mass is 16.7. The second-order valence-electron chi connectivity index (χ2n) is 3.19. The van der Waals surface area contributed by atoms with Crippen LogP contribution in [0.4, 0.5) is 0 Å². The molecule has 1 aromatic carbocycles. The van der Waals surface area contributed by atoms with E-state index in [1.54, 1.807) is 25.3 Å². The van der Waals surface area contributed by atoms with Crippen LogP contribution >= 0.6 is 0 Å². The van der Waals surface area contributed by atoms with E-state index >= 15 is 0 Å². The van der Waals surface area contributed by atoms with Crippen molar-refractivity contribution in [3.63, 3.8) is 0 Å². The monoisotopic (exact) mass is 221 g/mol. The standard InChI is InChI=1S/C11H11NO4/c1-14-8-4-7(2-3-10(12)13)5-9-11(8)16-6-15-9/h2-5H,6H2,1H3,(H2,12,13). The Labute approximate surface area is 92.4 Å². The number of methoxy groups -OCH3 is 1. The topological polar surface area (TPSA) is 70.8 Å². The van der Waals surface area contributed by atoms with Gasteiger partial charge in [0.25, 0.3) is 0 Å². The summed E-state index contributed by atoms with van der Waals surface area (Å²) in [6, 6.07) is 3.50. The van der Waals surface area contributed by atoms with Crippen molar-refractivity contribution in [2.24, 2.45) is 5.73 Å². The molecule has 1 heterocycles. The molecular formula is C11H11NO4. The fraction of sp³-hybridized carbons (Fsp3) is 0.182. The summed E-state index contributed by atoms with van der Waals surface area (Å²) in [5.74, 6) is 1.25. The van der Waals surface area contributed by atoms with Crippen molar-refractivity contribution in [1.82, 2.24) is 0 Å². The molecule has 1 aromatic rings. The van der Waals surface area contributed by atoms with Crippen molar-refractivity contribution in [3.8, 4) is 17.2 Å². The van der Waals surface area contributed by atoms with Gasteiger partial charge in [-0.1, -0.05) is 0 Å². The van der Waals surface area contributed by atoms with Crippen LogP contribution in [-0.4, -0.2) is 19.8 Å². The van der Waals surface area contributed by atoms with Crippen LogP contribution in [-0.2, 0) is 4.79 Å². The van der Waals surface area contributed by atoms with Crippen molar-refractivity contribution >= 4 is 12.0 Å². The van der Waals surface area contributed by atoms with E-state index in [-0.39, 0.29) is 6.79 Å². The molecule has 0 unspecified atom stereocenters. The van der Waals surface area contributed by atoms with Gasteiger partial charge in [-0.2, -0.15) is 0 Å². The number of benzene rings is 1. The summed E-state index contributed by atoms with van der Waals surface area (Å²) < 4.78 is 15.6. The van der Waals surface area contributed by atoms with Crippen molar-refractivity contribution in [2.75, 3.05) is 13.9 Å². The number of amides is 1. The molecule has 0 fully saturated rings. The normalized spacial score (nSPS) is 13.1. The first kappa shape index (κ1) is 10.4. The molecule has 0 bridgehead atoms. The second kappa shape index (κ2) is 4.14. The quantitative estimate of drug-likeness (QED) is 0.770. The van der Waals surface area contributed by atoms with E-state index in [0.29, 0.717) is 17.2 Å². The van der Waals surface area contributed by atoms with E-state index in [1.807, 2.05) is 0 Å². The van der Waals surface area contributed by atoms with Gasteiger partial charge in [0.05, 0.1) is 7.11 Å². The Hall–Kier alpha value is -2.17. The van der Waals surface area contributed by atoms with E-state index in [1.165, 1.54) is 6.08 Å². The van der Waals surface area contributed by atoms with Gasteiger partial charge in [-0.3, -0.25) is 4.79 Å². The smallest absolute Gasteiger partial charge is 0.241 e. The second-order valence-corrected chi connectivity index (χ2v) is 3.19. The van der Waals surface area contributed by atoms with Gasteiger partial charge in [0.2, 0.25) is 18.4 Å². The van der Waals surface area contributed by atoms with Crippen LogP contribution in [0.5, 0.6) is 17.2 Å². The Balaban J connectivity index is 2.38. The van der Waals surface area contributed by atoms with Crippen LogP contribution in [0.3, 0.4) is 0 Å². The molecule has 1 aliphatic heterocycles. The summed E-state index contributed by atoms with van der Waals surface area (Å²) in [4.78, 5) is 10.6. The molecule has 84 valence electrons. The van der Waals surface area contributed by atoms with E-state index in [2.05, 4.69) is 0 Å². The zero-order chi connectivity index (χ0) is 11.5. The van der Waals surface area contributed by atoms with E-state index in [4.69, 9.17) is 19.9 Å². The maximum atomic E-state index is 10.6. The first-order valence-electron chi connectivity index (χ1n) is 4.66. The fourth-order valence-corrected chi connectivity index (χ4v) is 1.42. The lowest BCUT2D eigenvalue weighted by atomic mass is 10.1. The van der Waals surface area contributed by atoms with Gasteiger partial charge in [0, 0.05) is 6.08 Å². The van der Waals surface area contributed by atoms with E-state index < -0.39 is 5.91 Å². The molecule has 0 saturated carbocycles. The summed E-state index contributed by atoms with van der Waals surface area (Å²) >= 11 is 0. The highest BCUT2D eigenvalue weighted by Gasteiger charge is 2.19. The maximum absolute atomic E-state index is 10.6. The number of ether oxygens (including phenoxy) is 3. The van der Waals surface area contributed by atoms with Gasteiger partial charge in [-0.15, -0.1) is 0 Å². The van der Waals surface area contributed by atoms with Crippen molar-refractivity contribution < 1.29 is 19.0 Å². The van der Waals surface area contributed by atoms with Crippen LogP contribution in [0.1, 0.15) is 5.56 Å². The van der Waals surface area contributed by atoms with E-state index in [9.17, 15) is 4.79 Å². The predicted molar refractivity (Wildman–Crippen MR) is 57.3 cm³/mol. The van der Waals surface area contributed by atoms with Gasteiger partial charge in [0.1, 0.15) is 0 Å². The Morgan fingerprint density at radius 3 is 3.00 bits per heavy atom. The predicted octanol–water partition coefficient (Wildman–Crippen LogP) is 0.922. The number of nitrogens with two attached hydrogens (primary N) is 1. The SMILES string of the molecule is COc1cc(C=CC(N)=O)cc2c1OCO2. The molecule has 2 rings (SSSR count). The molecule has 1 aliphatic rings.